The maximum Gasteiger partial charge on any atom is 0.232 e. The van der Waals surface area contributed by atoms with E-state index in [0.29, 0.717) is 24.0 Å². The summed E-state index contributed by atoms with van der Waals surface area (Å²) in [7, 11) is 4.10. The summed E-state index contributed by atoms with van der Waals surface area (Å²) in [6.45, 7) is 11.3. The van der Waals surface area contributed by atoms with Crippen molar-refractivity contribution in [1.29, 1.82) is 5.26 Å². The zero-order chi connectivity index (χ0) is 19.5. The normalized spacial score (nSPS) is 13.1. The highest BCUT2D eigenvalue weighted by molar-refractivity contribution is 5.46. The molecule has 1 aromatic carbocycles. The molecule has 2 rings (SSSR count). The van der Waals surface area contributed by atoms with Gasteiger partial charge >= 0.3 is 0 Å². The number of nitrogens with zero attached hydrogens (tertiary/aromatic N) is 3. The third-order valence-electron chi connectivity index (χ3n) is 4.48. The van der Waals surface area contributed by atoms with Crippen LogP contribution in [0.2, 0.25) is 0 Å². The van der Waals surface area contributed by atoms with Crippen LogP contribution >= 0.6 is 0 Å². The predicted octanol–water partition coefficient (Wildman–Crippen LogP) is 4.68. The van der Waals surface area contributed by atoms with E-state index in [-0.39, 0.29) is 17.4 Å². The van der Waals surface area contributed by atoms with Crippen LogP contribution in [0, 0.1) is 11.3 Å². The van der Waals surface area contributed by atoms with Gasteiger partial charge in [-0.15, -0.1) is 0 Å². The molecule has 0 spiro atoms. The zero-order valence-electron chi connectivity index (χ0n) is 16.9. The van der Waals surface area contributed by atoms with Crippen LogP contribution in [-0.4, -0.2) is 30.5 Å². The number of oxazole rings is 1. The van der Waals surface area contributed by atoms with Crippen molar-refractivity contribution in [2.75, 3.05) is 26.0 Å². The van der Waals surface area contributed by atoms with Crippen molar-refractivity contribution in [3.63, 3.8) is 0 Å². The van der Waals surface area contributed by atoms with Gasteiger partial charge in [-0.1, -0.05) is 58.9 Å². The molecule has 5 heteroatoms. The van der Waals surface area contributed by atoms with Crippen LogP contribution in [0.25, 0.3) is 0 Å². The van der Waals surface area contributed by atoms with Crippen LogP contribution in [0.3, 0.4) is 0 Å². The fraction of sp³-hybridized carbons (Fsp3) is 0.524. The van der Waals surface area contributed by atoms with Gasteiger partial charge in [-0.25, -0.2) is 4.98 Å². The Hall–Kier alpha value is -2.32. The van der Waals surface area contributed by atoms with E-state index in [4.69, 9.17) is 4.42 Å². The molecule has 1 aromatic heterocycles. The highest BCUT2D eigenvalue weighted by Crippen LogP contribution is 2.27. The molecule has 26 heavy (non-hydrogen) atoms. The fourth-order valence-electron chi connectivity index (χ4n) is 2.77. The Morgan fingerprint density at radius 2 is 1.81 bits per heavy atom. The van der Waals surface area contributed by atoms with Gasteiger partial charge in [0.25, 0.3) is 0 Å². The number of hydrogen-bond acceptors (Lipinski definition) is 5. The van der Waals surface area contributed by atoms with Gasteiger partial charge in [0.05, 0.1) is 6.04 Å². The molecular weight excluding hydrogens is 324 g/mol. The number of nitrogens with one attached hydrogen (secondary N) is 1. The Morgan fingerprint density at radius 1 is 1.19 bits per heavy atom. The van der Waals surface area contributed by atoms with Crippen LogP contribution in [0.4, 0.5) is 5.88 Å². The van der Waals surface area contributed by atoms with Gasteiger partial charge in [-0.3, -0.25) is 0 Å². The highest BCUT2D eigenvalue weighted by atomic mass is 16.4. The molecule has 0 aliphatic carbocycles. The van der Waals surface area contributed by atoms with E-state index in [0.717, 1.165) is 0 Å². The molecule has 0 saturated heterocycles. The number of likely N-dealkylation sites (N-methyl/N-ethyl adjacent to an activating group) is 1. The third-order valence-corrected chi connectivity index (χ3v) is 4.48. The van der Waals surface area contributed by atoms with Crippen molar-refractivity contribution in [3.8, 4) is 6.07 Å². The lowest BCUT2D eigenvalue weighted by Crippen LogP contribution is -2.27. The molecule has 0 aliphatic heterocycles. The summed E-state index contributed by atoms with van der Waals surface area (Å²) in [5.74, 6) is 1.18. The van der Waals surface area contributed by atoms with E-state index in [1.165, 1.54) is 11.1 Å². The van der Waals surface area contributed by atoms with Crippen molar-refractivity contribution in [3.05, 3.63) is 47.0 Å². The lowest BCUT2D eigenvalue weighted by atomic mass is 9.86. The lowest BCUT2D eigenvalue weighted by molar-refractivity contribution is 0.310. The SMILES string of the molecule is CC(C)c1nc(C#N)c(NC[C@@H](c2ccc(C(C)(C)C)cc2)N(C)C)o1. The molecule has 5 nitrogen and oxygen atoms in total. The molecule has 0 saturated carbocycles. The molecular formula is C21H30N4O. The standard InChI is InChI=1S/C21H30N4O/c1-14(2)19-24-17(12-22)20(26-19)23-13-18(25(6)7)15-8-10-16(11-9-15)21(3,4)5/h8-11,14,18,23H,13H2,1-7H3/t18-/m0/s1. The number of benzene rings is 1. The largest absolute Gasteiger partial charge is 0.424 e. The van der Waals surface area contributed by atoms with E-state index < -0.39 is 0 Å². The molecule has 1 atom stereocenters. The second-order valence-electron chi connectivity index (χ2n) is 8.23. The van der Waals surface area contributed by atoms with Gasteiger partial charge < -0.3 is 14.6 Å². The molecule has 0 unspecified atom stereocenters. The van der Waals surface area contributed by atoms with Gasteiger partial charge in [0.2, 0.25) is 17.5 Å². The second-order valence-corrected chi connectivity index (χ2v) is 8.23. The van der Waals surface area contributed by atoms with Crippen molar-refractivity contribution in [1.82, 2.24) is 9.88 Å². The van der Waals surface area contributed by atoms with Gasteiger partial charge in [0, 0.05) is 12.5 Å². The average molecular weight is 354 g/mol. The minimum Gasteiger partial charge on any atom is -0.424 e. The summed E-state index contributed by atoms with van der Waals surface area (Å²) < 4.78 is 5.73. The van der Waals surface area contributed by atoms with Gasteiger partial charge in [0.1, 0.15) is 6.07 Å². The van der Waals surface area contributed by atoms with Crippen molar-refractivity contribution in [2.45, 2.75) is 52.0 Å². The molecule has 0 amide bonds. The van der Waals surface area contributed by atoms with E-state index in [9.17, 15) is 5.26 Å². The summed E-state index contributed by atoms with van der Waals surface area (Å²) in [6, 6.07) is 11.0. The van der Waals surface area contributed by atoms with Gasteiger partial charge in [-0.2, -0.15) is 5.26 Å². The van der Waals surface area contributed by atoms with E-state index in [2.05, 4.69) is 80.4 Å². The fourth-order valence-corrected chi connectivity index (χ4v) is 2.77. The molecule has 0 radical (unpaired) electrons. The Kier molecular flexibility index (Phi) is 6.09. The van der Waals surface area contributed by atoms with Gasteiger partial charge in [-0.05, 0) is 30.6 Å². The van der Waals surface area contributed by atoms with Crippen LogP contribution in [-0.2, 0) is 5.41 Å². The highest BCUT2D eigenvalue weighted by Gasteiger charge is 2.20. The Balaban J connectivity index is 2.18. The van der Waals surface area contributed by atoms with Crippen molar-refractivity contribution < 1.29 is 4.42 Å². The number of nitriles is 1. The zero-order valence-corrected chi connectivity index (χ0v) is 16.9. The third kappa shape index (κ3) is 4.64. The van der Waals surface area contributed by atoms with Crippen LogP contribution < -0.4 is 5.32 Å². The summed E-state index contributed by atoms with van der Waals surface area (Å²) in [5, 5.41) is 12.6. The van der Waals surface area contributed by atoms with Crippen molar-refractivity contribution in [2.24, 2.45) is 0 Å². The van der Waals surface area contributed by atoms with E-state index >= 15 is 0 Å². The Labute approximate surface area is 157 Å². The topological polar surface area (TPSA) is 65.1 Å². The Morgan fingerprint density at radius 3 is 2.27 bits per heavy atom. The van der Waals surface area contributed by atoms with Crippen LogP contribution in [0.15, 0.2) is 28.7 Å². The molecule has 2 aromatic rings. The molecule has 140 valence electrons. The minimum atomic E-state index is 0.138. The lowest BCUT2D eigenvalue weighted by Gasteiger charge is -2.26. The quantitative estimate of drug-likeness (QED) is 0.816. The van der Waals surface area contributed by atoms with Gasteiger partial charge in [0.15, 0.2) is 0 Å². The Bertz CT molecular complexity index is 761. The first kappa shape index (κ1) is 20.0. The summed E-state index contributed by atoms with van der Waals surface area (Å²) in [4.78, 5) is 6.42. The minimum absolute atomic E-state index is 0.138. The van der Waals surface area contributed by atoms with Crippen LogP contribution in [0.5, 0.6) is 0 Å². The summed E-state index contributed by atoms with van der Waals surface area (Å²) in [6.07, 6.45) is 0. The molecule has 0 bridgehead atoms. The predicted molar refractivity (Wildman–Crippen MR) is 105 cm³/mol. The maximum absolute atomic E-state index is 9.29. The first-order chi connectivity index (χ1) is 12.1. The summed E-state index contributed by atoms with van der Waals surface area (Å²) >= 11 is 0. The number of aromatic nitrogens is 1. The molecule has 1 heterocycles. The first-order valence-electron chi connectivity index (χ1n) is 9.05. The number of hydrogen-bond donors (Lipinski definition) is 1. The molecule has 0 aliphatic rings. The summed E-state index contributed by atoms with van der Waals surface area (Å²) in [5.41, 5.74) is 2.99. The monoisotopic (exact) mass is 354 g/mol. The maximum atomic E-state index is 9.29. The van der Waals surface area contributed by atoms with Crippen LogP contribution in [0.1, 0.15) is 69.3 Å². The van der Waals surface area contributed by atoms with Crippen molar-refractivity contribution >= 4 is 5.88 Å². The molecule has 0 fully saturated rings. The molecule has 1 N–H and O–H groups in total. The van der Waals surface area contributed by atoms with E-state index in [1.807, 2.05) is 13.8 Å². The number of anilines is 1. The average Bonchev–Trinajstić information content (AvgIpc) is 2.98. The smallest absolute Gasteiger partial charge is 0.232 e. The number of rotatable bonds is 6. The first-order valence-corrected chi connectivity index (χ1v) is 9.05. The second kappa shape index (κ2) is 7.92. The van der Waals surface area contributed by atoms with E-state index in [1.54, 1.807) is 0 Å².